The normalized spacial score (nSPS) is 19.0. The minimum atomic E-state index is -0.384. The lowest BCUT2D eigenvalue weighted by Crippen LogP contribution is -2.40. The molecule has 0 radical (unpaired) electrons. The van der Waals surface area contributed by atoms with Crippen LogP contribution in [-0.2, 0) is 28.6 Å². The maximum Gasteiger partial charge on any atom is 0.306 e. The van der Waals surface area contributed by atoms with Crippen LogP contribution >= 0.6 is 0 Å². The van der Waals surface area contributed by atoms with E-state index in [1.807, 2.05) is 0 Å². The minimum absolute atomic E-state index is 0.202. The van der Waals surface area contributed by atoms with E-state index in [0.29, 0.717) is 38.5 Å². The van der Waals surface area contributed by atoms with Crippen LogP contribution in [0.3, 0.4) is 0 Å². The van der Waals surface area contributed by atoms with Crippen LogP contribution in [0.4, 0.5) is 0 Å². The number of unbranched alkanes of at least 4 members (excludes halogenated alkanes) is 15. The summed E-state index contributed by atoms with van der Waals surface area (Å²) in [5.41, 5.74) is 0. The summed E-state index contributed by atoms with van der Waals surface area (Å²) in [6.07, 6.45) is 21.6. The second kappa shape index (κ2) is 24.2. The Morgan fingerprint density at radius 2 is 0.641 bits per heavy atom. The Hall–Kier alpha value is -1.59. The molecule has 0 aromatic rings. The van der Waals surface area contributed by atoms with Crippen molar-refractivity contribution in [1.29, 1.82) is 0 Å². The molecule has 1 rings (SSSR count). The zero-order valence-electron chi connectivity index (χ0n) is 25.7. The molecular formula is C33H60O6. The fourth-order valence-electron chi connectivity index (χ4n) is 5.34. The van der Waals surface area contributed by atoms with E-state index in [1.165, 1.54) is 57.8 Å². The maximum atomic E-state index is 12.5. The van der Waals surface area contributed by atoms with Gasteiger partial charge in [0.05, 0.1) is 0 Å². The first kappa shape index (κ1) is 35.4. The number of ether oxygens (including phenoxy) is 3. The van der Waals surface area contributed by atoms with E-state index in [9.17, 15) is 14.4 Å². The summed E-state index contributed by atoms with van der Waals surface area (Å²) in [6, 6.07) is 0. The Bertz CT molecular complexity index is 542. The summed E-state index contributed by atoms with van der Waals surface area (Å²) in [4.78, 5) is 37.6. The van der Waals surface area contributed by atoms with Crippen molar-refractivity contribution < 1.29 is 28.6 Å². The lowest BCUT2D eigenvalue weighted by Gasteiger charge is -2.34. The van der Waals surface area contributed by atoms with Gasteiger partial charge in [-0.2, -0.15) is 0 Å². The van der Waals surface area contributed by atoms with Crippen molar-refractivity contribution >= 4 is 17.9 Å². The average Bonchev–Trinajstić information content (AvgIpc) is 2.90. The smallest absolute Gasteiger partial charge is 0.306 e. The first-order valence-corrected chi connectivity index (χ1v) is 16.6. The highest BCUT2D eigenvalue weighted by Gasteiger charge is 2.35. The van der Waals surface area contributed by atoms with E-state index >= 15 is 0 Å². The van der Waals surface area contributed by atoms with Gasteiger partial charge in [0.25, 0.3) is 0 Å². The first-order valence-electron chi connectivity index (χ1n) is 16.6. The van der Waals surface area contributed by atoms with E-state index in [1.54, 1.807) is 0 Å². The van der Waals surface area contributed by atoms with Crippen LogP contribution in [0.1, 0.15) is 175 Å². The molecule has 0 aromatic carbocycles. The monoisotopic (exact) mass is 552 g/mol. The van der Waals surface area contributed by atoms with E-state index < -0.39 is 0 Å². The van der Waals surface area contributed by atoms with Crippen LogP contribution in [0.25, 0.3) is 0 Å². The molecule has 6 nitrogen and oxygen atoms in total. The Balaban J connectivity index is 2.51. The van der Waals surface area contributed by atoms with Gasteiger partial charge in [-0.05, 0) is 19.3 Å². The number of esters is 3. The maximum absolute atomic E-state index is 12.5. The Morgan fingerprint density at radius 3 is 0.897 bits per heavy atom. The van der Waals surface area contributed by atoms with Gasteiger partial charge in [-0.15, -0.1) is 0 Å². The highest BCUT2D eigenvalue weighted by Crippen LogP contribution is 2.28. The molecule has 0 spiro atoms. The molecule has 0 aliphatic heterocycles. The average molecular weight is 553 g/mol. The molecule has 0 bridgehead atoms. The number of carbonyl (C=O) groups is 3. The molecule has 0 saturated heterocycles. The van der Waals surface area contributed by atoms with Gasteiger partial charge in [0, 0.05) is 38.5 Å². The van der Waals surface area contributed by atoms with Crippen LogP contribution in [0.15, 0.2) is 0 Å². The predicted octanol–water partition coefficient (Wildman–Crippen LogP) is 9.16. The molecule has 0 N–H and O–H groups in total. The molecule has 0 unspecified atom stereocenters. The largest absolute Gasteiger partial charge is 0.462 e. The van der Waals surface area contributed by atoms with Crippen molar-refractivity contribution in [3.05, 3.63) is 0 Å². The Kier molecular flexibility index (Phi) is 22.0. The van der Waals surface area contributed by atoms with Gasteiger partial charge in [-0.25, -0.2) is 0 Å². The van der Waals surface area contributed by atoms with Crippen LogP contribution in [0.2, 0.25) is 0 Å². The van der Waals surface area contributed by atoms with Gasteiger partial charge >= 0.3 is 17.9 Å². The van der Waals surface area contributed by atoms with Gasteiger partial charge in [-0.1, -0.05) is 117 Å². The third-order valence-corrected chi connectivity index (χ3v) is 7.68. The van der Waals surface area contributed by atoms with Crippen molar-refractivity contribution in [2.45, 2.75) is 193 Å². The highest BCUT2D eigenvalue weighted by atomic mass is 16.6. The Labute approximate surface area is 239 Å². The summed E-state index contributed by atoms with van der Waals surface area (Å²) < 4.78 is 17.4. The minimum Gasteiger partial charge on any atom is -0.462 e. The summed E-state index contributed by atoms with van der Waals surface area (Å²) in [6.45, 7) is 6.58. The van der Waals surface area contributed by atoms with E-state index in [0.717, 1.165) is 57.8 Å². The van der Waals surface area contributed by atoms with E-state index in [2.05, 4.69) is 20.8 Å². The van der Waals surface area contributed by atoms with Gasteiger partial charge in [-0.3, -0.25) is 14.4 Å². The predicted molar refractivity (Wildman–Crippen MR) is 157 cm³/mol. The zero-order chi connectivity index (χ0) is 28.6. The van der Waals surface area contributed by atoms with Crippen molar-refractivity contribution in [2.24, 2.45) is 0 Å². The van der Waals surface area contributed by atoms with E-state index in [-0.39, 0.29) is 36.2 Å². The van der Waals surface area contributed by atoms with Crippen molar-refractivity contribution in [2.75, 3.05) is 0 Å². The molecule has 39 heavy (non-hydrogen) atoms. The number of rotatable bonds is 24. The van der Waals surface area contributed by atoms with Crippen LogP contribution in [0.5, 0.6) is 0 Å². The van der Waals surface area contributed by atoms with Crippen LogP contribution in [-0.4, -0.2) is 36.2 Å². The molecule has 0 atom stereocenters. The molecule has 1 aliphatic rings. The molecule has 228 valence electrons. The van der Waals surface area contributed by atoms with Gasteiger partial charge < -0.3 is 14.2 Å². The molecule has 6 heteroatoms. The zero-order valence-corrected chi connectivity index (χ0v) is 25.7. The molecule has 1 fully saturated rings. The van der Waals surface area contributed by atoms with Gasteiger partial charge in [0.1, 0.15) is 18.3 Å². The van der Waals surface area contributed by atoms with Crippen molar-refractivity contribution in [1.82, 2.24) is 0 Å². The molecule has 1 aliphatic carbocycles. The molecule has 0 amide bonds. The molecule has 1 saturated carbocycles. The summed E-state index contributed by atoms with van der Waals surface area (Å²) in [5, 5.41) is 0. The first-order chi connectivity index (χ1) is 19.0. The fraction of sp³-hybridized carbons (Fsp3) is 0.909. The number of hydrogen-bond donors (Lipinski definition) is 0. The molecular weight excluding hydrogens is 492 g/mol. The SMILES string of the molecule is CCCCCCCCC(=O)OC1CC(OC(=O)CCCCCCCC)CC(OC(=O)CCCCCCCC)C1. The quantitative estimate of drug-likeness (QED) is 0.0675. The third-order valence-electron chi connectivity index (χ3n) is 7.68. The fourth-order valence-corrected chi connectivity index (χ4v) is 5.34. The second-order valence-corrected chi connectivity index (χ2v) is 11.6. The van der Waals surface area contributed by atoms with Crippen molar-refractivity contribution in [3.8, 4) is 0 Å². The van der Waals surface area contributed by atoms with Crippen molar-refractivity contribution in [3.63, 3.8) is 0 Å². The van der Waals surface area contributed by atoms with Crippen LogP contribution in [0, 0.1) is 0 Å². The van der Waals surface area contributed by atoms with Gasteiger partial charge in [0.15, 0.2) is 0 Å². The summed E-state index contributed by atoms with van der Waals surface area (Å²) >= 11 is 0. The topological polar surface area (TPSA) is 78.9 Å². The number of hydrogen-bond acceptors (Lipinski definition) is 6. The number of carbonyl (C=O) groups excluding carboxylic acids is 3. The standard InChI is InChI=1S/C33H60O6/c1-4-7-10-13-16-19-22-31(34)37-28-25-29(38-32(35)23-20-17-14-11-8-5-2)27-30(26-28)39-33(36)24-21-18-15-12-9-6-3/h28-30H,4-27H2,1-3H3. The summed E-state index contributed by atoms with van der Waals surface area (Å²) in [5.74, 6) is -0.606. The Morgan fingerprint density at radius 1 is 0.410 bits per heavy atom. The lowest BCUT2D eigenvalue weighted by molar-refractivity contribution is -0.169. The van der Waals surface area contributed by atoms with Crippen LogP contribution < -0.4 is 0 Å². The lowest BCUT2D eigenvalue weighted by atomic mass is 9.92. The van der Waals surface area contributed by atoms with E-state index in [4.69, 9.17) is 14.2 Å². The molecule has 0 heterocycles. The molecule has 0 aromatic heterocycles. The van der Waals surface area contributed by atoms with Gasteiger partial charge in [0.2, 0.25) is 0 Å². The third kappa shape index (κ3) is 20.0. The summed E-state index contributed by atoms with van der Waals surface area (Å²) in [7, 11) is 0. The second-order valence-electron chi connectivity index (χ2n) is 11.6. The highest BCUT2D eigenvalue weighted by molar-refractivity contribution is 5.70.